The summed E-state index contributed by atoms with van der Waals surface area (Å²) in [4.78, 5) is 13.2. The first-order valence-corrected chi connectivity index (χ1v) is 9.54. The fraction of sp³-hybridized carbons (Fsp3) is 0.150. The van der Waals surface area contributed by atoms with E-state index < -0.39 is 11.7 Å². The van der Waals surface area contributed by atoms with Gasteiger partial charge in [0, 0.05) is 11.8 Å². The first-order valence-electron chi connectivity index (χ1n) is 8.66. The highest BCUT2D eigenvalue weighted by Gasteiger charge is 2.31. The SMILES string of the molecule is Cc1ccc(-c2ccsc2C(=O)NCc2nnc3ccc(C(F)(F)F)cn23)cc1. The number of benzene rings is 1. The Hall–Kier alpha value is -3.20. The van der Waals surface area contributed by atoms with Crippen molar-refractivity contribution in [2.24, 2.45) is 0 Å². The van der Waals surface area contributed by atoms with E-state index in [4.69, 9.17) is 0 Å². The molecule has 4 aromatic rings. The maximum Gasteiger partial charge on any atom is 0.417 e. The van der Waals surface area contributed by atoms with E-state index in [2.05, 4.69) is 15.5 Å². The highest BCUT2D eigenvalue weighted by Crippen LogP contribution is 2.30. The molecule has 1 amide bonds. The third kappa shape index (κ3) is 3.86. The third-order valence-corrected chi connectivity index (χ3v) is 5.35. The zero-order chi connectivity index (χ0) is 20.6. The van der Waals surface area contributed by atoms with Gasteiger partial charge >= 0.3 is 6.18 Å². The van der Waals surface area contributed by atoms with Crippen LogP contribution in [0.15, 0.2) is 54.0 Å². The normalized spacial score (nSPS) is 11.7. The molecule has 9 heteroatoms. The lowest BCUT2D eigenvalue weighted by molar-refractivity contribution is -0.137. The summed E-state index contributed by atoms with van der Waals surface area (Å²) in [5.74, 6) is -0.104. The second-order valence-electron chi connectivity index (χ2n) is 6.47. The number of nitrogens with zero attached hydrogens (tertiary/aromatic N) is 3. The van der Waals surface area contributed by atoms with Crippen LogP contribution < -0.4 is 5.32 Å². The summed E-state index contributed by atoms with van der Waals surface area (Å²) in [5, 5.41) is 12.3. The number of aryl methyl sites for hydroxylation is 1. The number of hydrogen-bond acceptors (Lipinski definition) is 4. The lowest BCUT2D eigenvalue weighted by Crippen LogP contribution is -2.23. The van der Waals surface area contributed by atoms with Crippen LogP contribution in [0.4, 0.5) is 13.2 Å². The highest BCUT2D eigenvalue weighted by molar-refractivity contribution is 7.12. The van der Waals surface area contributed by atoms with Crippen LogP contribution in [0, 0.1) is 6.92 Å². The van der Waals surface area contributed by atoms with Crippen molar-refractivity contribution >= 4 is 22.9 Å². The number of carbonyl (C=O) groups is 1. The van der Waals surface area contributed by atoms with Crippen molar-refractivity contribution in [3.63, 3.8) is 0 Å². The molecule has 0 saturated heterocycles. The van der Waals surface area contributed by atoms with E-state index in [0.717, 1.165) is 29.0 Å². The number of fused-ring (bicyclic) bond motifs is 1. The van der Waals surface area contributed by atoms with Crippen molar-refractivity contribution < 1.29 is 18.0 Å². The van der Waals surface area contributed by atoms with E-state index in [-0.39, 0.29) is 23.9 Å². The number of rotatable bonds is 4. The molecular formula is C20H15F3N4OS. The number of amides is 1. The summed E-state index contributed by atoms with van der Waals surface area (Å²) in [6.45, 7) is 1.94. The molecule has 0 unspecified atom stereocenters. The number of nitrogens with one attached hydrogen (secondary N) is 1. The molecule has 0 radical (unpaired) electrons. The Morgan fingerprint density at radius 3 is 2.59 bits per heavy atom. The molecule has 3 heterocycles. The maximum absolute atomic E-state index is 13.0. The van der Waals surface area contributed by atoms with Crippen molar-refractivity contribution in [3.8, 4) is 11.1 Å². The third-order valence-electron chi connectivity index (χ3n) is 4.44. The molecule has 0 bridgehead atoms. The van der Waals surface area contributed by atoms with E-state index in [1.807, 2.05) is 42.6 Å². The molecule has 5 nitrogen and oxygen atoms in total. The zero-order valence-electron chi connectivity index (χ0n) is 15.2. The van der Waals surface area contributed by atoms with Crippen molar-refractivity contribution in [2.45, 2.75) is 19.6 Å². The van der Waals surface area contributed by atoms with Gasteiger partial charge in [0.2, 0.25) is 0 Å². The molecule has 4 rings (SSSR count). The second kappa shape index (κ2) is 7.32. The molecule has 0 spiro atoms. The smallest absolute Gasteiger partial charge is 0.344 e. The number of carbonyl (C=O) groups excluding carboxylic acids is 1. The molecule has 29 heavy (non-hydrogen) atoms. The maximum atomic E-state index is 13.0. The van der Waals surface area contributed by atoms with Crippen LogP contribution in [0.3, 0.4) is 0 Å². The van der Waals surface area contributed by atoms with Gasteiger partial charge in [-0.2, -0.15) is 13.2 Å². The Bertz CT molecular complexity index is 1180. The standard InChI is InChI=1S/C20H15F3N4OS/c1-12-2-4-13(5-3-12)15-8-9-29-18(15)19(28)24-10-17-26-25-16-7-6-14(11-27(16)17)20(21,22)23/h2-9,11H,10H2,1H3,(H,24,28). The van der Waals surface area contributed by atoms with Crippen LogP contribution in [0.25, 0.3) is 16.8 Å². The molecular weight excluding hydrogens is 401 g/mol. The largest absolute Gasteiger partial charge is 0.417 e. The van der Waals surface area contributed by atoms with Gasteiger partial charge in [-0.1, -0.05) is 29.8 Å². The molecule has 0 fully saturated rings. The Morgan fingerprint density at radius 1 is 1.10 bits per heavy atom. The second-order valence-corrected chi connectivity index (χ2v) is 7.39. The molecule has 0 aliphatic carbocycles. The minimum absolute atomic E-state index is 0.0491. The molecule has 1 N–H and O–H groups in total. The highest BCUT2D eigenvalue weighted by atomic mass is 32.1. The van der Waals surface area contributed by atoms with E-state index in [1.165, 1.54) is 21.8 Å². The fourth-order valence-corrected chi connectivity index (χ4v) is 3.74. The Morgan fingerprint density at radius 2 is 1.86 bits per heavy atom. The monoisotopic (exact) mass is 416 g/mol. The summed E-state index contributed by atoms with van der Waals surface area (Å²) < 4.78 is 40.1. The lowest BCUT2D eigenvalue weighted by Gasteiger charge is -2.08. The van der Waals surface area contributed by atoms with Crippen molar-refractivity contribution in [1.29, 1.82) is 0 Å². The summed E-state index contributed by atoms with van der Waals surface area (Å²) in [6, 6.07) is 11.9. The van der Waals surface area contributed by atoms with E-state index in [1.54, 1.807) is 0 Å². The van der Waals surface area contributed by atoms with Gasteiger partial charge in [-0.25, -0.2) is 0 Å². The number of thiophene rings is 1. The first-order chi connectivity index (χ1) is 13.8. The molecule has 3 aromatic heterocycles. The van der Waals surface area contributed by atoms with Gasteiger partial charge in [-0.05, 0) is 36.1 Å². The van der Waals surface area contributed by atoms with Crippen LogP contribution in [0.1, 0.15) is 26.6 Å². The van der Waals surface area contributed by atoms with E-state index >= 15 is 0 Å². The van der Waals surface area contributed by atoms with Crippen LogP contribution in [-0.2, 0) is 12.7 Å². The molecule has 0 aliphatic heterocycles. The summed E-state index contributed by atoms with van der Waals surface area (Å²) in [5.41, 5.74) is 2.31. The van der Waals surface area contributed by atoms with Gasteiger partial charge in [0.1, 0.15) is 0 Å². The number of alkyl halides is 3. The van der Waals surface area contributed by atoms with Gasteiger partial charge in [0.25, 0.3) is 5.91 Å². The number of halogens is 3. The summed E-state index contributed by atoms with van der Waals surface area (Å²) in [6.07, 6.45) is -3.54. The molecule has 1 aromatic carbocycles. The van der Waals surface area contributed by atoms with Gasteiger partial charge in [0.05, 0.1) is 17.0 Å². The number of aromatic nitrogens is 3. The number of pyridine rings is 1. The number of hydrogen-bond donors (Lipinski definition) is 1. The molecule has 0 aliphatic rings. The minimum atomic E-state index is -4.47. The average Bonchev–Trinajstić information content (AvgIpc) is 3.33. The lowest BCUT2D eigenvalue weighted by atomic mass is 10.0. The zero-order valence-corrected chi connectivity index (χ0v) is 16.0. The van der Waals surface area contributed by atoms with E-state index in [0.29, 0.717) is 4.88 Å². The Labute approximate surface area is 167 Å². The van der Waals surface area contributed by atoms with Crippen LogP contribution >= 0.6 is 11.3 Å². The topological polar surface area (TPSA) is 59.3 Å². The Balaban J connectivity index is 1.55. The summed E-state index contributed by atoms with van der Waals surface area (Å²) >= 11 is 1.30. The van der Waals surface area contributed by atoms with Gasteiger partial charge in [0.15, 0.2) is 11.5 Å². The Kier molecular flexibility index (Phi) is 4.83. The predicted octanol–water partition coefficient (Wildman–Crippen LogP) is 4.72. The van der Waals surface area contributed by atoms with Crippen molar-refractivity contribution in [2.75, 3.05) is 0 Å². The van der Waals surface area contributed by atoms with Crippen LogP contribution in [-0.4, -0.2) is 20.5 Å². The van der Waals surface area contributed by atoms with Crippen LogP contribution in [0.2, 0.25) is 0 Å². The molecule has 0 atom stereocenters. The van der Waals surface area contributed by atoms with Crippen molar-refractivity contribution in [1.82, 2.24) is 19.9 Å². The predicted molar refractivity (Wildman–Crippen MR) is 104 cm³/mol. The summed E-state index contributed by atoms with van der Waals surface area (Å²) in [7, 11) is 0. The quantitative estimate of drug-likeness (QED) is 0.524. The van der Waals surface area contributed by atoms with Gasteiger partial charge in [-0.15, -0.1) is 21.5 Å². The van der Waals surface area contributed by atoms with Gasteiger partial charge < -0.3 is 5.32 Å². The van der Waals surface area contributed by atoms with E-state index in [9.17, 15) is 18.0 Å². The molecule has 0 saturated carbocycles. The van der Waals surface area contributed by atoms with Crippen molar-refractivity contribution in [3.05, 3.63) is 75.9 Å². The first kappa shape index (κ1) is 19.1. The van der Waals surface area contributed by atoms with Crippen LogP contribution in [0.5, 0.6) is 0 Å². The minimum Gasteiger partial charge on any atom is -0.344 e. The average molecular weight is 416 g/mol. The van der Waals surface area contributed by atoms with Gasteiger partial charge in [-0.3, -0.25) is 9.20 Å². The molecule has 148 valence electrons. The fourth-order valence-electron chi connectivity index (χ4n) is 2.91.